The molecular formula is C16H25N3. The molecule has 19 heavy (non-hydrogen) atoms. The third kappa shape index (κ3) is 1.78. The molecule has 3 nitrogen and oxygen atoms in total. The molecule has 4 rings (SSSR count). The third-order valence-corrected chi connectivity index (χ3v) is 6.20. The summed E-state index contributed by atoms with van der Waals surface area (Å²) in [4.78, 5) is 0. The predicted molar refractivity (Wildman–Crippen MR) is 75.6 cm³/mol. The second-order valence-electron chi connectivity index (χ2n) is 7.03. The van der Waals surface area contributed by atoms with Gasteiger partial charge < -0.3 is 5.32 Å². The lowest BCUT2D eigenvalue weighted by molar-refractivity contribution is 0.199. The van der Waals surface area contributed by atoms with Gasteiger partial charge in [0.05, 0.1) is 5.69 Å². The molecular weight excluding hydrogens is 234 g/mol. The highest BCUT2D eigenvalue weighted by atomic mass is 15.3. The van der Waals surface area contributed by atoms with E-state index in [1.165, 1.54) is 37.8 Å². The zero-order chi connectivity index (χ0) is 13.0. The van der Waals surface area contributed by atoms with Crippen molar-refractivity contribution in [2.75, 3.05) is 0 Å². The molecule has 0 aromatic carbocycles. The molecule has 6 atom stereocenters. The second-order valence-corrected chi connectivity index (χ2v) is 7.03. The summed E-state index contributed by atoms with van der Waals surface area (Å²) >= 11 is 0. The van der Waals surface area contributed by atoms with Crippen LogP contribution in [0.1, 0.15) is 50.8 Å². The number of aryl methyl sites for hydroxylation is 1. The van der Waals surface area contributed by atoms with Crippen molar-refractivity contribution < 1.29 is 0 Å². The van der Waals surface area contributed by atoms with E-state index in [2.05, 4.69) is 23.4 Å². The first kappa shape index (κ1) is 12.0. The van der Waals surface area contributed by atoms with E-state index in [4.69, 9.17) is 0 Å². The fraction of sp³-hybridized carbons (Fsp3) is 0.812. The van der Waals surface area contributed by atoms with Crippen molar-refractivity contribution in [3.8, 4) is 0 Å². The van der Waals surface area contributed by atoms with Gasteiger partial charge in [-0.25, -0.2) is 0 Å². The molecule has 0 radical (unpaired) electrons. The maximum Gasteiger partial charge on any atom is 0.0547 e. The maximum absolute atomic E-state index is 4.29. The fourth-order valence-electron chi connectivity index (χ4n) is 5.48. The molecule has 0 saturated heterocycles. The summed E-state index contributed by atoms with van der Waals surface area (Å²) in [5.74, 6) is 4.15. The number of nitrogens with one attached hydrogen (secondary N) is 1. The molecule has 0 amide bonds. The standard InChI is InChI=1S/C16H25N3/c1-10(16-6-7-17-19(16)2)18-15-9-11-8-14(15)13-5-3-4-12(11)13/h6-7,10-15,18H,3-5,8-9H2,1-2H3. The summed E-state index contributed by atoms with van der Waals surface area (Å²) in [7, 11) is 2.04. The van der Waals surface area contributed by atoms with Crippen LogP contribution in [0.15, 0.2) is 12.3 Å². The van der Waals surface area contributed by atoms with Gasteiger partial charge in [-0.2, -0.15) is 5.10 Å². The zero-order valence-electron chi connectivity index (χ0n) is 12.0. The van der Waals surface area contributed by atoms with Crippen LogP contribution in [0.4, 0.5) is 0 Å². The molecule has 1 heterocycles. The van der Waals surface area contributed by atoms with Gasteiger partial charge in [-0.15, -0.1) is 0 Å². The zero-order valence-corrected chi connectivity index (χ0v) is 12.0. The number of rotatable bonds is 3. The van der Waals surface area contributed by atoms with E-state index in [0.29, 0.717) is 6.04 Å². The van der Waals surface area contributed by atoms with Gasteiger partial charge in [0.1, 0.15) is 0 Å². The molecule has 1 aromatic rings. The quantitative estimate of drug-likeness (QED) is 0.904. The van der Waals surface area contributed by atoms with Crippen LogP contribution in [0.3, 0.4) is 0 Å². The SMILES string of the molecule is CC(NC1CC2CC1C1CCCC21)c1ccnn1C. The Balaban J connectivity index is 1.46. The Labute approximate surface area is 115 Å². The summed E-state index contributed by atoms with van der Waals surface area (Å²) in [5.41, 5.74) is 1.31. The molecule has 2 bridgehead atoms. The highest BCUT2D eigenvalue weighted by Crippen LogP contribution is 2.58. The monoisotopic (exact) mass is 259 g/mol. The summed E-state index contributed by atoms with van der Waals surface area (Å²) in [6, 6.07) is 3.33. The lowest BCUT2D eigenvalue weighted by atomic mass is 9.79. The molecule has 3 fully saturated rings. The van der Waals surface area contributed by atoms with Crippen LogP contribution in [0.2, 0.25) is 0 Å². The lowest BCUT2D eigenvalue weighted by Gasteiger charge is -2.34. The average molecular weight is 259 g/mol. The number of fused-ring (bicyclic) bond motifs is 5. The van der Waals surface area contributed by atoms with Gasteiger partial charge in [0.2, 0.25) is 0 Å². The highest BCUT2D eigenvalue weighted by molar-refractivity contribution is 5.10. The van der Waals surface area contributed by atoms with Gasteiger partial charge >= 0.3 is 0 Å². The topological polar surface area (TPSA) is 29.9 Å². The molecule has 6 unspecified atom stereocenters. The molecule has 3 saturated carbocycles. The first-order chi connectivity index (χ1) is 9.24. The smallest absolute Gasteiger partial charge is 0.0547 e. The number of nitrogens with zero attached hydrogens (tertiary/aromatic N) is 2. The van der Waals surface area contributed by atoms with Crippen molar-refractivity contribution in [2.45, 2.75) is 51.1 Å². The van der Waals surface area contributed by atoms with E-state index in [1.54, 1.807) is 0 Å². The first-order valence-corrected chi connectivity index (χ1v) is 7.98. The second kappa shape index (κ2) is 4.34. The Morgan fingerprint density at radius 3 is 2.89 bits per heavy atom. The largest absolute Gasteiger partial charge is 0.306 e. The Kier molecular flexibility index (Phi) is 2.73. The number of aromatic nitrogens is 2. The van der Waals surface area contributed by atoms with Crippen molar-refractivity contribution in [3.63, 3.8) is 0 Å². The summed E-state index contributed by atoms with van der Waals surface area (Å²) in [5, 5.41) is 8.20. The Bertz CT molecular complexity index is 466. The minimum absolute atomic E-state index is 0.428. The van der Waals surface area contributed by atoms with Gasteiger partial charge in [-0.05, 0) is 62.3 Å². The number of hydrogen-bond acceptors (Lipinski definition) is 2. The summed E-state index contributed by atoms with van der Waals surface area (Å²) in [6.45, 7) is 2.29. The van der Waals surface area contributed by atoms with E-state index in [0.717, 1.165) is 29.7 Å². The van der Waals surface area contributed by atoms with Crippen molar-refractivity contribution in [1.29, 1.82) is 0 Å². The molecule has 104 valence electrons. The summed E-state index contributed by atoms with van der Waals surface area (Å²) < 4.78 is 2.00. The van der Waals surface area contributed by atoms with Crippen LogP contribution in [0.5, 0.6) is 0 Å². The van der Waals surface area contributed by atoms with Crippen molar-refractivity contribution >= 4 is 0 Å². The minimum Gasteiger partial charge on any atom is -0.306 e. The summed E-state index contributed by atoms with van der Waals surface area (Å²) in [6.07, 6.45) is 9.35. The fourth-order valence-corrected chi connectivity index (χ4v) is 5.48. The van der Waals surface area contributed by atoms with E-state index in [9.17, 15) is 0 Å². The Morgan fingerprint density at radius 1 is 1.26 bits per heavy atom. The minimum atomic E-state index is 0.428. The predicted octanol–water partition coefficient (Wildman–Crippen LogP) is 2.90. The van der Waals surface area contributed by atoms with Crippen LogP contribution in [-0.4, -0.2) is 15.8 Å². The molecule has 0 spiro atoms. The van der Waals surface area contributed by atoms with Gasteiger partial charge in [-0.1, -0.05) is 6.42 Å². The van der Waals surface area contributed by atoms with Crippen LogP contribution < -0.4 is 5.32 Å². The van der Waals surface area contributed by atoms with Crippen LogP contribution in [-0.2, 0) is 7.05 Å². The number of hydrogen-bond donors (Lipinski definition) is 1. The van der Waals surface area contributed by atoms with Gasteiger partial charge in [0, 0.05) is 25.3 Å². The van der Waals surface area contributed by atoms with E-state index < -0.39 is 0 Å². The van der Waals surface area contributed by atoms with Crippen molar-refractivity contribution in [3.05, 3.63) is 18.0 Å². The molecule has 3 aliphatic carbocycles. The average Bonchev–Trinajstić information content (AvgIpc) is 3.07. The molecule has 0 aliphatic heterocycles. The molecule has 1 aromatic heterocycles. The lowest BCUT2D eigenvalue weighted by Crippen LogP contribution is -2.40. The molecule has 3 heteroatoms. The first-order valence-electron chi connectivity index (χ1n) is 7.98. The Morgan fingerprint density at radius 2 is 2.11 bits per heavy atom. The van der Waals surface area contributed by atoms with Crippen LogP contribution >= 0.6 is 0 Å². The van der Waals surface area contributed by atoms with E-state index in [1.807, 2.05) is 17.9 Å². The molecule has 1 N–H and O–H groups in total. The van der Waals surface area contributed by atoms with Gasteiger partial charge in [0.15, 0.2) is 0 Å². The molecule has 3 aliphatic rings. The van der Waals surface area contributed by atoms with Crippen LogP contribution in [0.25, 0.3) is 0 Å². The van der Waals surface area contributed by atoms with E-state index in [-0.39, 0.29) is 0 Å². The highest BCUT2D eigenvalue weighted by Gasteiger charge is 2.53. The van der Waals surface area contributed by atoms with Gasteiger partial charge in [-0.3, -0.25) is 4.68 Å². The Hall–Kier alpha value is -0.830. The van der Waals surface area contributed by atoms with Gasteiger partial charge in [0.25, 0.3) is 0 Å². The van der Waals surface area contributed by atoms with E-state index >= 15 is 0 Å². The third-order valence-electron chi connectivity index (χ3n) is 6.20. The van der Waals surface area contributed by atoms with Crippen LogP contribution in [0, 0.1) is 23.7 Å². The van der Waals surface area contributed by atoms with Crippen molar-refractivity contribution in [2.24, 2.45) is 30.7 Å². The maximum atomic E-state index is 4.29. The van der Waals surface area contributed by atoms with Crippen molar-refractivity contribution in [1.82, 2.24) is 15.1 Å². The normalized spacial score (nSPS) is 41.7.